The molecule has 0 amide bonds. The van der Waals surface area contributed by atoms with Gasteiger partial charge in [0, 0.05) is 11.3 Å². The van der Waals surface area contributed by atoms with E-state index in [0.717, 1.165) is 0 Å². The Kier molecular flexibility index (Phi) is 4.45. The van der Waals surface area contributed by atoms with Crippen LogP contribution in [0.1, 0.15) is 39.2 Å². The number of benzene rings is 1. The number of nitro groups is 1. The first kappa shape index (κ1) is 17.6. The molecule has 1 aliphatic rings. The number of carbonyl (C=O) groups excluding carboxylic acids is 1. The molecule has 0 spiro atoms. The largest absolute Gasteiger partial charge is 0.460 e. The number of aromatic nitrogens is 2. The van der Waals surface area contributed by atoms with Crippen molar-refractivity contribution in [1.82, 2.24) is 15.6 Å². The molecule has 1 atom stereocenters. The van der Waals surface area contributed by atoms with E-state index in [1.165, 1.54) is 0 Å². The molecule has 2 heterocycles. The summed E-state index contributed by atoms with van der Waals surface area (Å²) in [5.74, 6) is -1.57. The minimum absolute atomic E-state index is 0.137. The number of nitrogens with one attached hydrogen (secondary N) is 1. The van der Waals surface area contributed by atoms with E-state index in [1.54, 1.807) is 45.9 Å². The quantitative estimate of drug-likeness (QED) is 0.503. The van der Waals surface area contributed by atoms with Crippen LogP contribution in [0.25, 0.3) is 11.0 Å². The average Bonchev–Trinajstić information content (AvgIpc) is 3.01. The van der Waals surface area contributed by atoms with Gasteiger partial charge in [0.05, 0.1) is 22.3 Å². The summed E-state index contributed by atoms with van der Waals surface area (Å²) in [6, 6.07) is 5.05. The maximum Gasteiger partial charge on any atom is 0.337 e. The Morgan fingerprint density at radius 1 is 1.31 bits per heavy atom. The lowest BCUT2D eigenvalue weighted by Gasteiger charge is -2.26. The Balaban J connectivity index is 2.25. The molecule has 0 unspecified atom stereocenters. The van der Waals surface area contributed by atoms with Gasteiger partial charge in [-0.2, -0.15) is 0 Å². The van der Waals surface area contributed by atoms with E-state index in [0.29, 0.717) is 28.0 Å². The second kappa shape index (κ2) is 6.58. The molecule has 0 bridgehead atoms. The van der Waals surface area contributed by atoms with Gasteiger partial charge in [-0.1, -0.05) is 12.1 Å². The second-order valence-electron chi connectivity index (χ2n) is 6.30. The SMILES string of the molecule is CC1=C(C(=O)OC(C)C)[C@@H](c2cccc3nonc23)C([N+](=O)[O-])=C(C)N1. The fourth-order valence-electron chi connectivity index (χ4n) is 3.14. The van der Waals surface area contributed by atoms with Gasteiger partial charge in [-0.05, 0) is 44.1 Å². The van der Waals surface area contributed by atoms with Crippen molar-refractivity contribution in [2.24, 2.45) is 0 Å². The number of allylic oxidation sites excluding steroid dienone is 3. The number of hydrogen-bond donors (Lipinski definition) is 1. The van der Waals surface area contributed by atoms with Gasteiger partial charge in [0.1, 0.15) is 17.0 Å². The van der Waals surface area contributed by atoms with E-state index in [4.69, 9.17) is 9.37 Å². The van der Waals surface area contributed by atoms with Crippen LogP contribution < -0.4 is 5.32 Å². The first-order valence-electron chi connectivity index (χ1n) is 8.06. The highest BCUT2D eigenvalue weighted by Gasteiger charge is 2.42. The van der Waals surface area contributed by atoms with E-state index >= 15 is 0 Å². The highest BCUT2D eigenvalue weighted by atomic mass is 16.6. The third kappa shape index (κ3) is 2.92. The van der Waals surface area contributed by atoms with Gasteiger partial charge in [0.2, 0.25) is 0 Å². The van der Waals surface area contributed by atoms with Crippen LogP contribution in [0.3, 0.4) is 0 Å². The average molecular weight is 358 g/mol. The van der Waals surface area contributed by atoms with Crippen LogP contribution >= 0.6 is 0 Å². The van der Waals surface area contributed by atoms with Crippen molar-refractivity contribution in [3.63, 3.8) is 0 Å². The number of carbonyl (C=O) groups is 1. The maximum absolute atomic E-state index is 12.7. The molecule has 136 valence electrons. The molecule has 3 rings (SSSR count). The molecule has 26 heavy (non-hydrogen) atoms. The normalized spacial score (nSPS) is 17.7. The molecule has 2 aromatic rings. The van der Waals surface area contributed by atoms with Crippen molar-refractivity contribution in [2.45, 2.75) is 39.7 Å². The maximum atomic E-state index is 12.7. The van der Waals surface area contributed by atoms with Crippen LogP contribution in [-0.2, 0) is 9.53 Å². The van der Waals surface area contributed by atoms with Gasteiger partial charge in [-0.15, -0.1) is 0 Å². The van der Waals surface area contributed by atoms with Crippen LogP contribution in [0.2, 0.25) is 0 Å². The van der Waals surface area contributed by atoms with Crippen LogP contribution in [0, 0.1) is 10.1 Å². The Labute approximate surface area is 148 Å². The van der Waals surface area contributed by atoms with Crippen molar-refractivity contribution in [3.05, 3.63) is 56.5 Å². The minimum atomic E-state index is -0.951. The number of esters is 1. The molecule has 9 heteroatoms. The molecule has 1 N–H and O–H groups in total. The number of dihydropyridines is 1. The summed E-state index contributed by atoms with van der Waals surface area (Å²) < 4.78 is 10.1. The number of hydrogen-bond acceptors (Lipinski definition) is 8. The molecular weight excluding hydrogens is 340 g/mol. The highest BCUT2D eigenvalue weighted by molar-refractivity contribution is 5.94. The number of ether oxygens (including phenoxy) is 1. The lowest BCUT2D eigenvalue weighted by Crippen LogP contribution is -2.32. The van der Waals surface area contributed by atoms with Crippen molar-refractivity contribution in [1.29, 1.82) is 0 Å². The topological polar surface area (TPSA) is 120 Å². The minimum Gasteiger partial charge on any atom is -0.460 e. The van der Waals surface area contributed by atoms with Gasteiger partial charge < -0.3 is 10.1 Å². The first-order chi connectivity index (χ1) is 12.3. The molecule has 0 saturated heterocycles. The molecule has 1 aliphatic heterocycles. The van der Waals surface area contributed by atoms with Gasteiger partial charge >= 0.3 is 5.97 Å². The summed E-state index contributed by atoms with van der Waals surface area (Å²) in [7, 11) is 0. The molecule has 1 aromatic heterocycles. The number of rotatable bonds is 4. The third-order valence-electron chi connectivity index (χ3n) is 4.11. The van der Waals surface area contributed by atoms with E-state index < -0.39 is 16.8 Å². The Morgan fingerprint density at radius 2 is 2.04 bits per heavy atom. The summed E-state index contributed by atoms with van der Waals surface area (Å²) in [5, 5.41) is 22.4. The lowest BCUT2D eigenvalue weighted by atomic mass is 9.83. The predicted octanol–water partition coefficient (Wildman–Crippen LogP) is 2.64. The molecule has 9 nitrogen and oxygen atoms in total. The zero-order chi connectivity index (χ0) is 19.0. The molecule has 0 saturated carbocycles. The summed E-state index contributed by atoms with van der Waals surface area (Å²) >= 11 is 0. The lowest BCUT2D eigenvalue weighted by molar-refractivity contribution is -0.431. The summed E-state index contributed by atoms with van der Waals surface area (Å²) in [6.45, 7) is 6.72. The van der Waals surface area contributed by atoms with Crippen LogP contribution in [0.15, 0.2) is 45.5 Å². The summed E-state index contributed by atoms with van der Waals surface area (Å²) in [4.78, 5) is 24.0. The van der Waals surface area contributed by atoms with Crippen molar-refractivity contribution in [2.75, 3.05) is 0 Å². The van der Waals surface area contributed by atoms with Crippen molar-refractivity contribution >= 4 is 17.0 Å². The zero-order valence-electron chi connectivity index (χ0n) is 14.8. The zero-order valence-corrected chi connectivity index (χ0v) is 14.8. The summed E-state index contributed by atoms with van der Waals surface area (Å²) in [5.41, 5.74) is 2.17. The van der Waals surface area contributed by atoms with E-state index in [-0.39, 0.29) is 17.4 Å². The molecule has 0 radical (unpaired) electrons. The highest BCUT2D eigenvalue weighted by Crippen LogP contribution is 2.40. The smallest absolute Gasteiger partial charge is 0.337 e. The van der Waals surface area contributed by atoms with Gasteiger partial charge in [-0.3, -0.25) is 10.1 Å². The van der Waals surface area contributed by atoms with Crippen LogP contribution in [0.4, 0.5) is 0 Å². The van der Waals surface area contributed by atoms with Crippen LogP contribution in [0.5, 0.6) is 0 Å². The standard InChI is InChI=1S/C17H18N4O5/c1-8(2)25-17(22)13-9(3)18-10(4)16(21(23)24)14(13)11-6-5-7-12-15(11)20-26-19-12/h5-8,14,18H,1-4H3/t14-/m1/s1. The van der Waals surface area contributed by atoms with Gasteiger partial charge in [-0.25, -0.2) is 9.42 Å². The fourth-order valence-corrected chi connectivity index (χ4v) is 3.14. The van der Waals surface area contributed by atoms with Crippen molar-refractivity contribution < 1.29 is 19.1 Å². The molecule has 0 fully saturated rings. The van der Waals surface area contributed by atoms with E-state index in [1.807, 2.05) is 0 Å². The molecular formula is C17H18N4O5. The van der Waals surface area contributed by atoms with Gasteiger partial charge in [0.15, 0.2) is 0 Å². The Bertz CT molecular complexity index is 957. The second-order valence-corrected chi connectivity index (χ2v) is 6.30. The van der Waals surface area contributed by atoms with E-state index in [2.05, 4.69) is 15.6 Å². The monoisotopic (exact) mass is 358 g/mol. The fraction of sp³-hybridized carbons (Fsp3) is 0.353. The number of fused-ring (bicyclic) bond motifs is 1. The van der Waals surface area contributed by atoms with Crippen molar-refractivity contribution in [3.8, 4) is 0 Å². The predicted molar refractivity (Wildman–Crippen MR) is 91.3 cm³/mol. The first-order valence-corrected chi connectivity index (χ1v) is 8.06. The molecule has 1 aromatic carbocycles. The number of nitrogens with zero attached hydrogens (tertiary/aromatic N) is 3. The van der Waals surface area contributed by atoms with E-state index in [9.17, 15) is 14.9 Å². The van der Waals surface area contributed by atoms with Crippen LogP contribution in [-0.4, -0.2) is 27.3 Å². The Morgan fingerprint density at radius 3 is 2.69 bits per heavy atom. The summed E-state index contributed by atoms with van der Waals surface area (Å²) in [6.07, 6.45) is -0.362. The van der Waals surface area contributed by atoms with Gasteiger partial charge in [0.25, 0.3) is 5.70 Å². The Hall–Kier alpha value is -3.23. The third-order valence-corrected chi connectivity index (χ3v) is 4.11. The molecule has 0 aliphatic carbocycles.